The number of benzene rings is 1. The van der Waals surface area contributed by atoms with Gasteiger partial charge in [0.2, 0.25) is 0 Å². The molecule has 3 atom stereocenters. The van der Waals surface area contributed by atoms with Crippen LogP contribution < -0.4 is 0 Å². The first-order chi connectivity index (χ1) is 11.4. The van der Waals surface area contributed by atoms with Crippen LogP contribution in [-0.2, 0) is 11.8 Å². The number of carboxylic acid groups (broad SMARTS) is 1. The summed E-state index contributed by atoms with van der Waals surface area (Å²) in [5.74, 6) is -0.338. The Morgan fingerprint density at radius 3 is 2.75 bits per heavy atom. The lowest BCUT2D eigenvalue weighted by molar-refractivity contribution is -0.0542. The molecule has 24 heavy (non-hydrogen) atoms. The molecule has 0 radical (unpaired) electrons. The summed E-state index contributed by atoms with van der Waals surface area (Å²) >= 11 is 0. The largest absolute Gasteiger partial charge is 0.478 e. The first-order valence-corrected chi connectivity index (χ1v) is 9.53. The Labute approximate surface area is 145 Å². The predicted molar refractivity (Wildman–Crippen MR) is 95.5 cm³/mol. The van der Waals surface area contributed by atoms with E-state index in [0.717, 1.165) is 57.8 Å². The quantitative estimate of drug-likeness (QED) is 0.841. The van der Waals surface area contributed by atoms with E-state index in [0.29, 0.717) is 11.5 Å². The first-order valence-electron chi connectivity index (χ1n) is 9.53. The van der Waals surface area contributed by atoms with Crippen molar-refractivity contribution in [2.75, 3.05) is 0 Å². The number of carbonyl (C=O) groups is 1. The number of carboxylic acids is 1. The molecule has 1 fully saturated rings. The highest BCUT2D eigenvalue weighted by molar-refractivity contribution is 5.88. The van der Waals surface area contributed by atoms with Gasteiger partial charge in [-0.15, -0.1) is 0 Å². The molecule has 0 saturated heterocycles. The molecule has 1 aromatic carbocycles. The molecule has 3 nitrogen and oxygen atoms in total. The highest BCUT2D eigenvalue weighted by Crippen LogP contribution is 2.54. The van der Waals surface area contributed by atoms with Gasteiger partial charge < -0.3 is 10.2 Å². The normalized spacial score (nSPS) is 32.5. The summed E-state index contributed by atoms with van der Waals surface area (Å²) in [6.45, 7) is 4.41. The number of hydrogen-bond donors (Lipinski definition) is 2. The molecule has 3 rings (SSSR count). The fraction of sp³-hybridized carbons (Fsp3) is 0.667. The Kier molecular flexibility index (Phi) is 4.74. The Hall–Kier alpha value is -1.35. The van der Waals surface area contributed by atoms with Gasteiger partial charge in [0, 0.05) is 0 Å². The number of fused-ring (bicyclic) bond motifs is 3. The lowest BCUT2D eigenvalue weighted by Crippen LogP contribution is -2.47. The second-order valence-corrected chi connectivity index (χ2v) is 7.95. The van der Waals surface area contributed by atoms with Crippen LogP contribution in [0.1, 0.15) is 86.7 Å². The van der Waals surface area contributed by atoms with Gasteiger partial charge in [-0.3, -0.25) is 0 Å². The third-order valence-corrected chi connectivity index (χ3v) is 6.68. The SMILES string of the molecule is CCC[C@@]1(O)CC[C@@]2(CC)c3ccc(C(=O)O)cc3CCC[C@H]2C1. The highest BCUT2D eigenvalue weighted by atomic mass is 16.4. The molecule has 0 aliphatic heterocycles. The van der Waals surface area contributed by atoms with Crippen molar-refractivity contribution in [1.82, 2.24) is 0 Å². The van der Waals surface area contributed by atoms with Gasteiger partial charge in [0.25, 0.3) is 0 Å². The zero-order chi connectivity index (χ0) is 17.4. The van der Waals surface area contributed by atoms with Crippen LogP contribution in [0.4, 0.5) is 0 Å². The van der Waals surface area contributed by atoms with Gasteiger partial charge >= 0.3 is 5.97 Å². The molecule has 0 heterocycles. The second-order valence-electron chi connectivity index (χ2n) is 7.95. The summed E-state index contributed by atoms with van der Waals surface area (Å²) in [6.07, 6.45) is 8.96. The summed E-state index contributed by atoms with van der Waals surface area (Å²) in [4.78, 5) is 11.3. The monoisotopic (exact) mass is 330 g/mol. The van der Waals surface area contributed by atoms with Gasteiger partial charge in [-0.2, -0.15) is 0 Å². The number of rotatable bonds is 4. The van der Waals surface area contributed by atoms with Crippen molar-refractivity contribution in [3.8, 4) is 0 Å². The molecule has 0 bridgehead atoms. The van der Waals surface area contributed by atoms with Crippen molar-refractivity contribution < 1.29 is 15.0 Å². The topological polar surface area (TPSA) is 57.5 Å². The fourth-order valence-electron chi connectivity index (χ4n) is 5.46. The van der Waals surface area contributed by atoms with Gasteiger partial charge in [0.15, 0.2) is 0 Å². The van der Waals surface area contributed by atoms with Crippen molar-refractivity contribution in [1.29, 1.82) is 0 Å². The summed E-state index contributed by atoms with van der Waals surface area (Å²) in [6, 6.07) is 5.74. The zero-order valence-electron chi connectivity index (χ0n) is 15.0. The Bertz CT molecular complexity index is 624. The maximum absolute atomic E-state index is 11.3. The van der Waals surface area contributed by atoms with Crippen LogP contribution in [0.3, 0.4) is 0 Å². The van der Waals surface area contributed by atoms with Crippen molar-refractivity contribution in [2.45, 2.75) is 82.7 Å². The molecule has 1 saturated carbocycles. The Morgan fingerprint density at radius 1 is 1.29 bits per heavy atom. The van der Waals surface area contributed by atoms with E-state index in [-0.39, 0.29) is 5.41 Å². The number of aliphatic hydroxyl groups is 1. The summed E-state index contributed by atoms with van der Waals surface area (Å²) in [5, 5.41) is 20.3. The van der Waals surface area contributed by atoms with E-state index in [2.05, 4.69) is 19.9 Å². The van der Waals surface area contributed by atoms with E-state index in [1.54, 1.807) is 6.07 Å². The summed E-state index contributed by atoms with van der Waals surface area (Å²) in [5.41, 5.74) is 2.60. The minimum Gasteiger partial charge on any atom is -0.478 e. The Balaban J connectivity index is 2.02. The molecule has 2 N–H and O–H groups in total. The van der Waals surface area contributed by atoms with Gasteiger partial charge in [-0.05, 0) is 86.0 Å². The minimum absolute atomic E-state index is 0.114. The zero-order valence-corrected chi connectivity index (χ0v) is 15.0. The third-order valence-electron chi connectivity index (χ3n) is 6.68. The molecule has 0 amide bonds. The lowest BCUT2D eigenvalue weighted by Gasteiger charge is -2.50. The van der Waals surface area contributed by atoms with E-state index in [4.69, 9.17) is 0 Å². The van der Waals surface area contributed by atoms with Crippen molar-refractivity contribution in [3.05, 3.63) is 34.9 Å². The number of hydrogen-bond acceptors (Lipinski definition) is 2. The molecule has 0 unspecified atom stereocenters. The molecular formula is C21H30O3. The molecule has 0 aromatic heterocycles. The van der Waals surface area contributed by atoms with Crippen LogP contribution in [0.15, 0.2) is 18.2 Å². The minimum atomic E-state index is -0.842. The van der Waals surface area contributed by atoms with Crippen LogP contribution in [0, 0.1) is 5.92 Å². The van der Waals surface area contributed by atoms with E-state index >= 15 is 0 Å². The van der Waals surface area contributed by atoms with E-state index in [9.17, 15) is 15.0 Å². The summed E-state index contributed by atoms with van der Waals surface area (Å²) in [7, 11) is 0. The van der Waals surface area contributed by atoms with Crippen molar-refractivity contribution >= 4 is 5.97 Å². The molecular weight excluding hydrogens is 300 g/mol. The van der Waals surface area contributed by atoms with Gasteiger partial charge in [0.05, 0.1) is 11.2 Å². The van der Waals surface area contributed by atoms with Crippen LogP contribution in [0.25, 0.3) is 0 Å². The van der Waals surface area contributed by atoms with Crippen LogP contribution in [0.2, 0.25) is 0 Å². The number of aryl methyl sites for hydroxylation is 1. The smallest absolute Gasteiger partial charge is 0.335 e. The first kappa shape index (κ1) is 17.5. The Morgan fingerprint density at radius 2 is 2.08 bits per heavy atom. The van der Waals surface area contributed by atoms with Crippen molar-refractivity contribution in [3.63, 3.8) is 0 Å². The average Bonchev–Trinajstić information content (AvgIpc) is 2.70. The lowest BCUT2D eigenvalue weighted by atomic mass is 9.56. The number of aromatic carboxylic acids is 1. The predicted octanol–water partition coefficient (Wildman–Crippen LogP) is 4.70. The van der Waals surface area contributed by atoms with E-state index < -0.39 is 11.6 Å². The molecule has 132 valence electrons. The third kappa shape index (κ3) is 2.88. The van der Waals surface area contributed by atoms with E-state index in [1.165, 1.54) is 11.1 Å². The van der Waals surface area contributed by atoms with Crippen molar-refractivity contribution in [2.24, 2.45) is 5.92 Å². The standard InChI is InChI=1S/C21H30O3/c1-3-10-20(24)11-12-21(4-2)17(14-20)7-5-6-15-13-16(19(22)23)8-9-18(15)21/h8-9,13,17,24H,3-7,10-12,14H2,1-2H3,(H,22,23)/t17-,20+,21+/m0/s1. The van der Waals surface area contributed by atoms with Crippen LogP contribution in [-0.4, -0.2) is 21.8 Å². The highest BCUT2D eigenvalue weighted by Gasteiger charge is 2.49. The van der Waals surface area contributed by atoms with Crippen LogP contribution in [0.5, 0.6) is 0 Å². The molecule has 0 spiro atoms. The molecule has 1 aromatic rings. The molecule has 2 aliphatic rings. The van der Waals surface area contributed by atoms with Gasteiger partial charge in [-0.25, -0.2) is 4.79 Å². The van der Waals surface area contributed by atoms with Gasteiger partial charge in [0.1, 0.15) is 0 Å². The molecule has 3 heteroatoms. The second kappa shape index (κ2) is 6.51. The van der Waals surface area contributed by atoms with Gasteiger partial charge in [-0.1, -0.05) is 26.3 Å². The maximum atomic E-state index is 11.3. The van der Waals surface area contributed by atoms with Crippen LogP contribution >= 0.6 is 0 Å². The van der Waals surface area contributed by atoms with E-state index in [1.807, 2.05) is 6.07 Å². The fourth-order valence-corrected chi connectivity index (χ4v) is 5.46. The molecule has 2 aliphatic carbocycles. The average molecular weight is 330 g/mol. The summed E-state index contributed by atoms with van der Waals surface area (Å²) < 4.78 is 0. The maximum Gasteiger partial charge on any atom is 0.335 e.